The smallest absolute Gasteiger partial charge is 0.0285 e. The molecule has 0 aromatic heterocycles. The molecule has 0 spiro atoms. The van der Waals surface area contributed by atoms with Gasteiger partial charge in [-0.25, -0.2) is 0 Å². The van der Waals surface area contributed by atoms with Crippen molar-refractivity contribution in [3.63, 3.8) is 0 Å². The van der Waals surface area contributed by atoms with Gasteiger partial charge in [0.2, 0.25) is 0 Å². The number of rotatable bonds is 16. The van der Waals surface area contributed by atoms with Gasteiger partial charge in [0.1, 0.15) is 0 Å². The fourth-order valence-electron chi connectivity index (χ4n) is 3.41. The Morgan fingerprint density at radius 1 is 0.350 bits per heavy atom. The Balaban J connectivity index is 4.70. The quantitative estimate of drug-likeness (QED) is 0.136. The lowest BCUT2D eigenvalue weighted by Crippen LogP contribution is -1.76. The maximum absolute atomic E-state index is 2.30. The summed E-state index contributed by atoms with van der Waals surface area (Å²) >= 11 is 0. The molecule has 0 amide bonds. The van der Waals surface area contributed by atoms with E-state index in [0.717, 1.165) is 25.7 Å². The summed E-state index contributed by atoms with van der Waals surface area (Å²) in [6.45, 7) is 21.5. The second-order valence-corrected chi connectivity index (χ2v) is 11.1. The predicted octanol–water partition coefficient (Wildman–Crippen LogP) is 12.9. The van der Waals surface area contributed by atoms with Gasteiger partial charge in [-0.05, 0) is 94.9 Å². The molecule has 0 aromatic carbocycles. The first-order valence-electron chi connectivity index (χ1n) is 14.7. The van der Waals surface area contributed by atoms with Crippen LogP contribution in [0.15, 0.2) is 154 Å². The molecule has 0 heterocycles. The van der Waals surface area contributed by atoms with Crippen molar-refractivity contribution in [1.29, 1.82) is 0 Å². The van der Waals surface area contributed by atoms with Crippen molar-refractivity contribution in [2.24, 2.45) is 0 Å². The van der Waals surface area contributed by atoms with Crippen LogP contribution in [-0.4, -0.2) is 0 Å². The highest BCUT2D eigenvalue weighted by atomic mass is 13.9. The van der Waals surface area contributed by atoms with Gasteiger partial charge in [0.25, 0.3) is 0 Å². The molecule has 0 nitrogen and oxygen atoms in total. The van der Waals surface area contributed by atoms with Gasteiger partial charge in [-0.3, -0.25) is 0 Å². The second kappa shape index (κ2) is 23.5. The predicted molar refractivity (Wildman–Crippen MR) is 186 cm³/mol. The summed E-state index contributed by atoms with van der Waals surface area (Å²) in [6, 6.07) is 0. The Kier molecular flexibility index (Phi) is 21.5. The van der Waals surface area contributed by atoms with Crippen LogP contribution in [0.3, 0.4) is 0 Å². The van der Waals surface area contributed by atoms with Crippen molar-refractivity contribution in [3.05, 3.63) is 154 Å². The summed E-state index contributed by atoms with van der Waals surface area (Å²) in [5, 5.41) is 0. The Bertz CT molecular complexity index is 1050. The minimum absolute atomic E-state index is 1.12. The van der Waals surface area contributed by atoms with Crippen LogP contribution in [0.2, 0.25) is 0 Å². The van der Waals surface area contributed by atoms with E-state index in [0.29, 0.717) is 0 Å². The molecule has 0 atom stereocenters. The molecule has 0 unspecified atom stereocenters. The van der Waals surface area contributed by atoms with E-state index < -0.39 is 0 Å². The fraction of sp³-hybridized carbons (Fsp3) is 0.350. The van der Waals surface area contributed by atoms with Crippen molar-refractivity contribution >= 4 is 0 Å². The lowest BCUT2D eigenvalue weighted by Gasteiger charge is -1.96. The molecular formula is C40H56. The maximum atomic E-state index is 2.30. The maximum Gasteiger partial charge on any atom is -0.0285 e. The zero-order chi connectivity index (χ0) is 30.2. The summed E-state index contributed by atoms with van der Waals surface area (Å²) in [5.74, 6) is 0. The van der Waals surface area contributed by atoms with Crippen LogP contribution in [0.5, 0.6) is 0 Å². The molecule has 0 aliphatic carbocycles. The van der Waals surface area contributed by atoms with Crippen LogP contribution in [0.1, 0.15) is 94.9 Å². The zero-order valence-corrected chi connectivity index (χ0v) is 27.2. The Morgan fingerprint density at radius 2 is 0.625 bits per heavy atom. The summed E-state index contributed by atoms with van der Waals surface area (Å²) < 4.78 is 0. The summed E-state index contributed by atoms with van der Waals surface area (Å²) in [5.41, 5.74) is 10.5. The summed E-state index contributed by atoms with van der Waals surface area (Å²) in [6.07, 6.45) is 43.3. The largest absolute Gasteiger partial charge is 0.0856 e. The van der Waals surface area contributed by atoms with Gasteiger partial charge in [0, 0.05) is 0 Å². The molecule has 0 saturated heterocycles. The molecule has 0 aromatic rings. The van der Waals surface area contributed by atoms with Crippen molar-refractivity contribution < 1.29 is 0 Å². The van der Waals surface area contributed by atoms with Crippen LogP contribution in [-0.2, 0) is 0 Å². The molecule has 0 fully saturated rings. The van der Waals surface area contributed by atoms with Crippen LogP contribution in [0, 0.1) is 0 Å². The molecule has 0 saturated carbocycles. The zero-order valence-electron chi connectivity index (χ0n) is 27.2. The van der Waals surface area contributed by atoms with Crippen molar-refractivity contribution in [3.8, 4) is 0 Å². The van der Waals surface area contributed by atoms with Gasteiger partial charge in [0.05, 0.1) is 0 Å². The first-order valence-corrected chi connectivity index (χ1v) is 14.7. The normalized spacial score (nSPS) is 15.1. The van der Waals surface area contributed by atoms with Crippen LogP contribution < -0.4 is 0 Å². The summed E-state index contributed by atoms with van der Waals surface area (Å²) in [7, 11) is 0. The SMILES string of the molecule is CC(C)=CCCC(C)=C/C=C/C(C)=C/C=C/C(C)=C/C=C/C=C(C)/C=C/C=C(C)/C=C/C=C(\C)CCC=C(C)C. The highest BCUT2D eigenvalue weighted by Crippen LogP contribution is 2.09. The number of allylic oxidation sites excluding steroid dienone is 26. The average Bonchev–Trinajstić information content (AvgIpc) is 2.86. The van der Waals surface area contributed by atoms with Gasteiger partial charge < -0.3 is 0 Å². The first kappa shape index (κ1) is 36.6. The van der Waals surface area contributed by atoms with Crippen molar-refractivity contribution in [1.82, 2.24) is 0 Å². The molecular weight excluding hydrogens is 480 g/mol. The highest BCUT2D eigenvalue weighted by molar-refractivity contribution is 5.32. The van der Waals surface area contributed by atoms with Gasteiger partial charge in [0.15, 0.2) is 0 Å². The van der Waals surface area contributed by atoms with E-state index >= 15 is 0 Å². The van der Waals surface area contributed by atoms with Crippen LogP contribution >= 0.6 is 0 Å². The lowest BCUT2D eigenvalue weighted by molar-refractivity contribution is 0.967. The van der Waals surface area contributed by atoms with E-state index in [9.17, 15) is 0 Å². The molecule has 0 aliphatic heterocycles. The first-order chi connectivity index (χ1) is 19.0. The third-order valence-corrected chi connectivity index (χ3v) is 5.93. The third kappa shape index (κ3) is 24.9. The minimum Gasteiger partial charge on any atom is -0.0856 e. The van der Waals surface area contributed by atoms with E-state index in [4.69, 9.17) is 0 Å². The standard InChI is InChI=1S/C40H56/c1-33(2)19-13-23-37(7)27-17-31-39(9)29-15-25-35(5)21-11-12-22-36(6)26-16-30-40(10)32-18-28-38(8)24-14-20-34(3)4/h11-12,15-22,25-32H,13-14,23-24H2,1-10H3/b12-11+,25-15+,26-16+,31-17+,32-18+,35-21+,36-22+,37-27+,38-28?,39-29+,40-30+. The van der Waals surface area contributed by atoms with Crippen molar-refractivity contribution in [2.45, 2.75) is 94.9 Å². The van der Waals surface area contributed by atoms with E-state index in [1.54, 1.807) is 0 Å². The number of hydrogen-bond acceptors (Lipinski definition) is 0. The van der Waals surface area contributed by atoms with E-state index in [1.807, 2.05) is 0 Å². The fourth-order valence-corrected chi connectivity index (χ4v) is 3.41. The van der Waals surface area contributed by atoms with Crippen LogP contribution in [0.25, 0.3) is 0 Å². The molecule has 0 aliphatic rings. The Morgan fingerprint density at radius 3 is 0.925 bits per heavy atom. The van der Waals surface area contributed by atoms with Gasteiger partial charge in [-0.1, -0.05) is 154 Å². The minimum atomic E-state index is 1.12. The molecule has 216 valence electrons. The van der Waals surface area contributed by atoms with Gasteiger partial charge in [-0.2, -0.15) is 0 Å². The average molecular weight is 537 g/mol. The Hall–Kier alpha value is -3.38. The van der Waals surface area contributed by atoms with Crippen molar-refractivity contribution in [2.75, 3.05) is 0 Å². The topological polar surface area (TPSA) is 0 Å². The van der Waals surface area contributed by atoms with E-state index in [1.165, 1.54) is 44.6 Å². The summed E-state index contributed by atoms with van der Waals surface area (Å²) in [4.78, 5) is 0. The molecule has 0 heteroatoms. The molecule has 0 bridgehead atoms. The van der Waals surface area contributed by atoms with Crippen LogP contribution in [0.4, 0.5) is 0 Å². The van der Waals surface area contributed by atoms with Gasteiger partial charge in [-0.15, -0.1) is 0 Å². The number of hydrogen-bond donors (Lipinski definition) is 0. The lowest BCUT2D eigenvalue weighted by atomic mass is 10.1. The van der Waals surface area contributed by atoms with E-state index in [-0.39, 0.29) is 0 Å². The highest BCUT2D eigenvalue weighted by Gasteiger charge is 1.88. The molecule has 40 heavy (non-hydrogen) atoms. The molecule has 0 rings (SSSR count). The monoisotopic (exact) mass is 536 g/mol. The molecule has 0 N–H and O–H groups in total. The third-order valence-electron chi connectivity index (χ3n) is 5.93. The van der Waals surface area contributed by atoms with Gasteiger partial charge >= 0.3 is 0 Å². The molecule has 0 radical (unpaired) electrons. The van der Waals surface area contributed by atoms with E-state index in [2.05, 4.69) is 179 Å². The second-order valence-electron chi connectivity index (χ2n) is 11.1. The Labute approximate surface area is 248 Å².